The first-order chi connectivity index (χ1) is 14.0. The minimum atomic E-state index is -5.78. The van der Waals surface area contributed by atoms with Crippen LogP contribution < -0.4 is 0 Å². The molecule has 1 aromatic rings. The Morgan fingerprint density at radius 3 is 2.50 bits per heavy atom. The number of carbonyl (C=O) groups excluding carboxylic acids is 3. The zero-order valence-electron chi connectivity index (χ0n) is 15.1. The molecular formula is C18H16F2O9S. The van der Waals surface area contributed by atoms with Crippen molar-refractivity contribution < 1.29 is 50.3 Å². The van der Waals surface area contributed by atoms with Gasteiger partial charge in [0.05, 0.1) is 17.4 Å². The second kappa shape index (κ2) is 6.98. The molecule has 1 aliphatic heterocycles. The van der Waals surface area contributed by atoms with E-state index in [4.69, 9.17) is 14.0 Å². The molecule has 0 spiro atoms. The van der Waals surface area contributed by atoms with Crippen LogP contribution in [0.2, 0.25) is 0 Å². The predicted octanol–water partition coefficient (Wildman–Crippen LogP) is 1.04. The lowest BCUT2D eigenvalue weighted by molar-refractivity contribution is -0.161. The van der Waals surface area contributed by atoms with Crippen LogP contribution in [-0.4, -0.2) is 54.9 Å². The van der Waals surface area contributed by atoms with Crippen molar-refractivity contribution in [3.8, 4) is 0 Å². The van der Waals surface area contributed by atoms with Gasteiger partial charge in [-0.3, -0.25) is 14.1 Å². The molecule has 1 saturated heterocycles. The smallest absolute Gasteiger partial charge is 0.402 e. The molecule has 2 saturated carbocycles. The van der Waals surface area contributed by atoms with Crippen molar-refractivity contribution >= 4 is 28.0 Å². The monoisotopic (exact) mass is 446 g/mol. The van der Waals surface area contributed by atoms with Gasteiger partial charge in [-0.25, -0.2) is 4.79 Å². The Hall–Kier alpha value is -2.60. The van der Waals surface area contributed by atoms with Gasteiger partial charge in [0.15, 0.2) is 6.61 Å². The van der Waals surface area contributed by atoms with Gasteiger partial charge in [-0.2, -0.15) is 17.2 Å². The minimum Gasteiger partial charge on any atom is -0.458 e. The van der Waals surface area contributed by atoms with Crippen LogP contribution in [0, 0.1) is 23.7 Å². The number of hydrogen-bond donors (Lipinski definition) is 1. The van der Waals surface area contributed by atoms with E-state index in [2.05, 4.69) is 4.74 Å². The molecule has 12 heteroatoms. The number of rotatable bonds is 6. The van der Waals surface area contributed by atoms with E-state index in [0.29, 0.717) is 0 Å². The molecular weight excluding hydrogens is 430 g/mol. The first-order valence-electron chi connectivity index (χ1n) is 8.99. The molecule has 1 aromatic carbocycles. The molecule has 3 fully saturated rings. The Morgan fingerprint density at radius 1 is 1.20 bits per heavy atom. The Kier molecular flexibility index (Phi) is 4.81. The van der Waals surface area contributed by atoms with E-state index in [9.17, 15) is 31.6 Å². The van der Waals surface area contributed by atoms with Crippen LogP contribution in [0.4, 0.5) is 8.78 Å². The third-order valence-electron chi connectivity index (χ3n) is 5.83. The van der Waals surface area contributed by atoms with Crippen molar-refractivity contribution in [2.75, 3.05) is 6.61 Å². The van der Waals surface area contributed by atoms with E-state index in [-0.39, 0.29) is 12.0 Å². The molecule has 9 nitrogen and oxygen atoms in total. The number of ether oxygens (including phenoxy) is 3. The highest BCUT2D eigenvalue weighted by Gasteiger charge is 2.70. The lowest BCUT2D eigenvalue weighted by Gasteiger charge is -2.30. The van der Waals surface area contributed by atoms with Gasteiger partial charge in [0.1, 0.15) is 12.2 Å². The third-order valence-corrected chi connectivity index (χ3v) is 6.70. The van der Waals surface area contributed by atoms with Crippen molar-refractivity contribution in [3.63, 3.8) is 0 Å². The highest BCUT2D eigenvalue weighted by atomic mass is 32.2. The van der Waals surface area contributed by atoms with Gasteiger partial charge >= 0.3 is 33.3 Å². The summed E-state index contributed by atoms with van der Waals surface area (Å²) < 4.78 is 71.8. The van der Waals surface area contributed by atoms with E-state index in [1.54, 1.807) is 18.2 Å². The minimum absolute atomic E-state index is 0.244. The Balaban J connectivity index is 1.51. The Labute approximate surface area is 169 Å². The average molecular weight is 446 g/mol. The average Bonchev–Trinajstić information content (AvgIpc) is 3.29. The fourth-order valence-electron chi connectivity index (χ4n) is 4.56. The molecule has 162 valence electrons. The second-order valence-electron chi connectivity index (χ2n) is 7.47. The summed E-state index contributed by atoms with van der Waals surface area (Å²) >= 11 is 0. The molecule has 1 heterocycles. The number of carbonyl (C=O) groups is 3. The lowest BCUT2D eigenvalue weighted by Crippen LogP contribution is -2.44. The van der Waals surface area contributed by atoms with Crippen LogP contribution in [-0.2, 0) is 33.9 Å². The molecule has 3 aliphatic rings. The Morgan fingerprint density at radius 2 is 1.87 bits per heavy atom. The fraction of sp³-hybridized carbons (Fsp3) is 0.500. The van der Waals surface area contributed by atoms with Gasteiger partial charge in [0.25, 0.3) is 0 Å². The van der Waals surface area contributed by atoms with Crippen LogP contribution in [0.5, 0.6) is 0 Å². The summed E-state index contributed by atoms with van der Waals surface area (Å²) in [6.45, 7) is -1.90. The number of alkyl halides is 2. The van der Waals surface area contributed by atoms with Crippen molar-refractivity contribution in [1.82, 2.24) is 0 Å². The standard InChI is InChI=1S/C18H16F2O9S/c19-18(20,30(24,25)26)7-27-16(22)11-9-6-10-12(11)17(23)29-14(10)13(9)28-15(21)8-4-2-1-3-5-8/h1-5,9-14H,6-7H2,(H,24,25,26). The summed E-state index contributed by atoms with van der Waals surface area (Å²) in [6.07, 6.45) is -1.43. The summed E-state index contributed by atoms with van der Waals surface area (Å²) in [5, 5.41) is -4.70. The van der Waals surface area contributed by atoms with E-state index < -0.39 is 75.8 Å². The molecule has 2 aliphatic carbocycles. The quantitative estimate of drug-likeness (QED) is 0.387. The molecule has 6 atom stereocenters. The largest absolute Gasteiger partial charge is 0.458 e. The van der Waals surface area contributed by atoms with Crippen molar-refractivity contribution in [2.45, 2.75) is 23.9 Å². The molecule has 4 rings (SSSR count). The van der Waals surface area contributed by atoms with Crippen LogP contribution >= 0.6 is 0 Å². The molecule has 30 heavy (non-hydrogen) atoms. The highest BCUT2D eigenvalue weighted by Crippen LogP contribution is 2.59. The van der Waals surface area contributed by atoms with Gasteiger partial charge < -0.3 is 14.2 Å². The van der Waals surface area contributed by atoms with Gasteiger partial charge in [-0.1, -0.05) is 18.2 Å². The molecule has 1 N–H and O–H groups in total. The SMILES string of the molecule is O=C(OC1C2CC3C1OC(=O)C3C2C(=O)OCC(F)(F)S(=O)(=O)O)c1ccccc1. The normalized spacial score (nSPS) is 32.0. The van der Waals surface area contributed by atoms with Crippen LogP contribution in [0.3, 0.4) is 0 Å². The molecule has 2 bridgehead atoms. The summed E-state index contributed by atoms with van der Waals surface area (Å²) in [4.78, 5) is 37.1. The van der Waals surface area contributed by atoms with Crippen LogP contribution in [0.25, 0.3) is 0 Å². The fourth-order valence-corrected chi connectivity index (χ4v) is 4.77. The number of benzene rings is 1. The molecule has 0 radical (unpaired) electrons. The maximum absolute atomic E-state index is 13.4. The number of halogens is 2. The number of fused-ring (bicyclic) bond motifs is 1. The summed E-state index contributed by atoms with van der Waals surface area (Å²) in [5.41, 5.74) is 0.244. The topological polar surface area (TPSA) is 133 Å². The third kappa shape index (κ3) is 3.23. The first kappa shape index (κ1) is 20.7. The zero-order valence-corrected chi connectivity index (χ0v) is 16.0. The number of hydrogen-bond acceptors (Lipinski definition) is 8. The zero-order chi connectivity index (χ0) is 21.8. The number of esters is 3. The van der Waals surface area contributed by atoms with Crippen molar-refractivity contribution in [2.24, 2.45) is 23.7 Å². The van der Waals surface area contributed by atoms with E-state index >= 15 is 0 Å². The van der Waals surface area contributed by atoms with E-state index in [1.807, 2.05) is 0 Å². The summed E-state index contributed by atoms with van der Waals surface area (Å²) in [7, 11) is -5.78. The maximum Gasteiger partial charge on any atom is 0.402 e. The molecule has 0 aromatic heterocycles. The van der Waals surface area contributed by atoms with Crippen molar-refractivity contribution in [1.29, 1.82) is 0 Å². The van der Waals surface area contributed by atoms with Crippen LogP contribution in [0.1, 0.15) is 16.8 Å². The summed E-state index contributed by atoms with van der Waals surface area (Å²) in [5.74, 6) is -6.00. The van der Waals surface area contributed by atoms with Gasteiger partial charge in [0, 0.05) is 11.8 Å². The van der Waals surface area contributed by atoms with Gasteiger partial charge in [0.2, 0.25) is 0 Å². The van der Waals surface area contributed by atoms with E-state index in [1.165, 1.54) is 12.1 Å². The second-order valence-corrected chi connectivity index (χ2v) is 9.02. The van der Waals surface area contributed by atoms with Crippen molar-refractivity contribution in [3.05, 3.63) is 35.9 Å². The van der Waals surface area contributed by atoms with Gasteiger partial charge in [-0.05, 0) is 18.6 Å². The van der Waals surface area contributed by atoms with Gasteiger partial charge in [-0.15, -0.1) is 0 Å². The molecule has 6 unspecified atom stereocenters. The van der Waals surface area contributed by atoms with E-state index in [0.717, 1.165) is 0 Å². The maximum atomic E-state index is 13.4. The predicted molar refractivity (Wildman–Crippen MR) is 91.6 cm³/mol. The lowest BCUT2D eigenvalue weighted by atomic mass is 9.78. The van der Waals surface area contributed by atoms with Crippen LogP contribution in [0.15, 0.2) is 30.3 Å². The first-order valence-corrected chi connectivity index (χ1v) is 10.4. The highest BCUT2D eigenvalue weighted by molar-refractivity contribution is 7.86. The summed E-state index contributed by atoms with van der Waals surface area (Å²) in [6, 6.07) is 7.98. The molecule has 0 amide bonds. The Bertz CT molecular complexity index is 994.